The molecule has 0 saturated heterocycles. The van der Waals surface area contributed by atoms with Gasteiger partial charge in [0.25, 0.3) is 0 Å². The van der Waals surface area contributed by atoms with Gasteiger partial charge >= 0.3 is 7.05 Å². The van der Waals surface area contributed by atoms with Crippen molar-refractivity contribution in [3.8, 4) is 0 Å². The van der Waals surface area contributed by atoms with Gasteiger partial charge in [0, 0.05) is 5.57 Å². The third-order valence-corrected chi connectivity index (χ3v) is 2.12. The Hall–Kier alpha value is -1.55. The minimum absolute atomic E-state index is 0.303. The number of nitrogens with zero attached hydrogens (tertiary/aromatic N) is 1. The van der Waals surface area contributed by atoms with E-state index in [1.54, 1.807) is 38.2 Å². The average molecular weight is 219 g/mol. The zero-order valence-corrected chi connectivity index (χ0v) is 10.1. The summed E-state index contributed by atoms with van der Waals surface area (Å²) in [7, 11) is 0.578. The SMILES string of the molecule is C=C/C=C(\C)B(O)N(C)C(=O)C(=C)/C=C\C. The second-order valence-electron chi connectivity index (χ2n) is 3.46. The third kappa shape index (κ3) is 3.91. The highest BCUT2D eigenvalue weighted by Crippen LogP contribution is 2.06. The maximum Gasteiger partial charge on any atom is 0.447 e. The Morgan fingerprint density at radius 2 is 2.06 bits per heavy atom. The van der Waals surface area contributed by atoms with E-state index in [1.807, 2.05) is 0 Å². The molecular formula is C12H18BNO2. The number of carbonyl (C=O) groups excluding carboxylic acids is 1. The van der Waals surface area contributed by atoms with Crippen molar-refractivity contribution in [1.29, 1.82) is 0 Å². The summed E-state index contributed by atoms with van der Waals surface area (Å²) < 4.78 is 0. The molecule has 1 amide bonds. The lowest BCUT2D eigenvalue weighted by Crippen LogP contribution is -2.42. The van der Waals surface area contributed by atoms with Crippen LogP contribution >= 0.6 is 0 Å². The monoisotopic (exact) mass is 219 g/mol. The molecule has 0 bridgehead atoms. The predicted molar refractivity (Wildman–Crippen MR) is 68.7 cm³/mol. The lowest BCUT2D eigenvalue weighted by molar-refractivity contribution is -0.122. The lowest BCUT2D eigenvalue weighted by atomic mass is 9.71. The van der Waals surface area contributed by atoms with Crippen molar-refractivity contribution in [3.63, 3.8) is 0 Å². The van der Waals surface area contributed by atoms with E-state index in [9.17, 15) is 9.82 Å². The van der Waals surface area contributed by atoms with Gasteiger partial charge in [0.15, 0.2) is 0 Å². The topological polar surface area (TPSA) is 40.5 Å². The van der Waals surface area contributed by atoms with Crippen LogP contribution < -0.4 is 0 Å². The molecule has 0 heterocycles. The first-order valence-corrected chi connectivity index (χ1v) is 5.01. The fourth-order valence-corrected chi connectivity index (χ4v) is 1.19. The van der Waals surface area contributed by atoms with Crippen LogP contribution in [0.15, 0.2) is 48.5 Å². The maximum atomic E-state index is 11.7. The Morgan fingerprint density at radius 3 is 2.50 bits per heavy atom. The third-order valence-electron chi connectivity index (χ3n) is 2.12. The van der Waals surface area contributed by atoms with Gasteiger partial charge in [0.2, 0.25) is 5.91 Å². The molecular weight excluding hydrogens is 201 g/mol. The summed E-state index contributed by atoms with van der Waals surface area (Å²) in [5.41, 5.74) is 0.995. The second-order valence-corrected chi connectivity index (χ2v) is 3.46. The summed E-state index contributed by atoms with van der Waals surface area (Å²) in [5.74, 6) is -0.303. The molecule has 0 aromatic rings. The summed E-state index contributed by atoms with van der Waals surface area (Å²) in [6.07, 6.45) is 6.56. The molecule has 0 aliphatic rings. The van der Waals surface area contributed by atoms with E-state index in [0.29, 0.717) is 11.0 Å². The number of rotatable bonds is 5. The van der Waals surface area contributed by atoms with Gasteiger partial charge < -0.3 is 9.83 Å². The summed E-state index contributed by atoms with van der Waals surface area (Å²) in [6, 6.07) is 0. The molecule has 4 heteroatoms. The molecule has 0 aromatic carbocycles. The van der Waals surface area contributed by atoms with Crippen molar-refractivity contribution in [2.24, 2.45) is 0 Å². The first-order chi connectivity index (χ1) is 7.45. The van der Waals surface area contributed by atoms with Crippen LogP contribution in [0.5, 0.6) is 0 Å². The van der Waals surface area contributed by atoms with Crippen molar-refractivity contribution in [3.05, 3.63) is 48.5 Å². The average Bonchev–Trinajstić information content (AvgIpc) is 2.26. The highest BCUT2D eigenvalue weighted by Gasteiger charge is 2.25. The summed E-state index contributed by atoms with van der Waals surface area (Å²) >= 11 is 0. The summed E-state index contributed by atoms with van der Waals surface area (Å²) in [5, 5.41) is 9.83. The molecule has 86 valence electrons. The Morgan fingerprint density at radius 1 is 1.50 bits per heavy atom. The quantitative estimate of drug-likeness (QED) is 0.434. The number of hydrogen-bond acceptors (Lipinski definition) is 2. The second kappa shape index (κ2) is 6.85. The maximum absolute atomic E-state index is 11.7. The number of allylic oxidation sites excluding steroid dienone is 4. The fourth-order valence-electron chi connectivity index (χ4n) is 1.19. The molecule has 0 radical (unpaired) electrons. The molecule has 0 unspecified atom stereocenters. The Balaban J connectivity index is 4.73. The number of carbonyl (C=O) groups is 1. The van der Waals surface area contributed by atoms with Crippen molar-refractivity contribution in [1.82, 2.24) is 4.81 Å². The number of likely N-dealkylation sites (N-methyl/N-ethyl adjacent to an activating group) is 1. The lowest BCUT2D eigenvalue weighted by Gasteiger charge is -2.20. The van der Waals surface area contributed by atoms with Crippen LogP contribution in [0.1, 0.15) is 13.8 Å². The van der Waals surface area contributed by atoms with Crippen molar-refractivity contribution in [2.75, 3.05) is 7.05 Å². The van der Waals surface area contributed by atoms with E-state index >= 15 is 0 Å². The van der Waals surface area contributed by atoms with Crippen LogP contribution in [-0.2, 0) is 4.79 Å². The van der Waals surface area contributed by atoms with Gasteiger partial charge in [-0.15, -0.1) is 0 Å². The Labute approximate surface area is 97.6 Å². The molecule has 0 aliphatic heterocycles. The van der Waals surface area contributed by atoms with Gasteiger partial charge in [-0.1, -0.05) is 42.9 Å². The standard InChI is InChI=1S/C12H18BNO2/c1-6-8-10(3)12(15)14(5)13(16)11(4)9-7-2/h6-9,16H,2-3H2,1,4-5H3/b8-6-,11-9+. The van der Waals surface area contributed by atoms with Crippen molar-refractivity contribution in [2.45, 2.75) is 13.8 Å². The minimum Gasteiger partial charge on any atom is -0.429 e. The highest BCUT2D eigenvalue weighted by atomic mass is 16.2. The molecule has 16 heavy (non-hydrogen) atoms. The summed E-state index contributed by atoms with van der Waals surface area (Å²) in [4.78, 5) is 13.0. The van der Waals surface area contributed by atoms with Crippen LogP contribution in [-0.4, -0.2) is 29.8 Å². The van der Waals surface area contributed by atoms with Gasteiger partial charge in [-0.2, -0.15) is 0 Å². The van der Waals surface area contributed by atoms with Gasteiger partial charge in [0.05, 0.1) is 0 Å². The molecule has 0 aromatic heterocycles. The fraction of sp³-hybridized carbons (Fsp3) is 0.250. The van der Waals surface area contributed by atoms with E-state index in [2.05, 4.69) is 13.2 Å². The van der Waals surface area contributed by atoms with Crippen LogP contribution in [0.25, 0.3) is 0 Å². The first kappa shape index (κ1) is 14.5. The van der Waals surface area contributed by atoms with Crippen molar-refractivity contribution < 1.29 is 9.82 Å². The Kier molecular flexibility index (Phi) is 6.19. The molecule has 3 nitrogen and oxygen atoms in total. The van der Waals surface area contributed by atoms with E-state index in [1.165, 1.54) is 11.9 Å². The van der Waals surface area contributed by atoms with Crippen LogP contribution in [0.4, 0.5) is 0 Å². The van der Waals surface area contributed by atoms with Crippen LogP contribution in [0.3, 0.4) is 0 Å². The Bertz CT molecular complexity index is 345. The van der Waals surface area contributed by atoms with Gasteiger partial charge in [0.1, 0.15) is 0 Å². The van der Waals surface area contributed by atoms with Crippen LogP contribution in [0, 0.1) is 0 Å². The number of amides is 1. The number of hydrogen-bond donors (Lipinski definition) is 1. The minimum atomic E-state index is -0.951. The van der Waals surface area contributed by atoms with E-state index < -0.39 is 7.05 Å². The normalized spacial score (nSPS) is 11.4. The molecule has 0 saturated carbocycles. The van der Waals surface area contributed by atoms with E-state index in [-0.39, 0.29) is 5.91 Å². The van der Waals surface area contributed by atoms with Crippen LogP contribution in [0.2, 0.25) is 0 Å². The van der Waals surface area contributed by atoms with E-state index in [4.69, 9.17) is 0 Å². The molecule has 0 fully saturated rings. The molecule has 1 N–H and O–H groups in total. The zero-order valence-electron chi connectivity index (χ0n) is 10.1. The predicted octanol–water partition coefficient (Wildman–Crippen LogP) is 1.73. The zero-order chi connectivity index (χ0) is 12.7. The molecule has 0 atom stereocenters. The first-order valence-electron chi connectivity index (χ1n) is 5.01. The van der Waals surface area contributed by atoms with E-state index in [0.717, 1.165) is 0 Å². The van der Waals surface area contributed by atoms with Gasteiger partial charge in [-0.3, -0.25) is 4.79 Å². The molecule has 0 rings (SSSR count). The molecule has 0 aliphatic carbocycles. The highest BCUT2D eigenvalue weighted by molar-refractivity contribution is 6.59. The van der Waals surface area contributed by atoms with Gasteiger partial charge in [-0.25, -0.2) is 0 Å². The summed E-state index contributed by atoms with van der Waals surface area (Å²) in [6.45, 7) is 10.7. The van der Waals surface area contributed by atoms with Crippen molar-refractivity contribution >= 4 is 13.0 Å². The smallest absolute Gasteiger partial charge is 0.429 e. The largest absolute Gasteiger partial charge is 0.447 e. The van der Waals surface area contributed by atoms with Gasteiger partial charge in [-0.05, 0) is 20.9 Å². The molecule has 0 spiro atoms.